The van der Waals surface area contributed by atoms with E-state index in [1.54, 1.807) is 0 Å². The first kappa shape index (κ1) is 22.0. The summed E-state index contributed by atoms with van der Waals surface area (Å²) in [4.78, 5) is 25.9. The monoisotopic (exact) mass is 489 g/mol. The summed E-state index contributed by atoms with van der Waals surface area (Å²) in [5, 5.41) is 0.956. The fourth-order valence-electron chi connectivity index (χ4n) is 4.79. The lowest BCUT2D eigenvalue weighted by Crippen LogP contribution is -2.44. The fourth-order valence-corrected chi connectivity index (χ4v) is 5.05. The van der Waals surface area contributed by atoms with E-state index in [4.69, 9.17) is 4.74 Å². The maximum Gasteiger partial charge on any atom is 0.321 e. The van der Waals surface area contributed by atoms with E-state index in [9.17, 15) is 9.59 Å². The SMILES string of the molecule is COC(=O)[C@](c1ccccc1)(c1cn(C)c2ccccc12)[C@@H](CC=O)c1ccc(Br)cc1. The number of benzene rings is 3. The minimum absolute atomic E-state index is 0.162. The highest BCUT2D eigenvalue weighted by molar-refractivity contribution is 9.10. The summed E-state index contributed by atoms with van der Waals surface area (Å²) < 4.78 is 8.43. The van der Waals surface area contributed by atoms with Gasteiger partial charge in [-0.2, -0.15) is 0 Å². The molecule has 1 heterocycles. The summed E-state index contributed by atoms with van der Waals surface area (Å²) in [6.45, 7) is 0. The third kappa shape index (κ3) is 3.56. The van der Waals surface area contributed by atoms with Crippen LogP contribution in [0.1, 0.15) is 29.0 Å². The highest BCUT2D eigenvalue weighted by atomic mass is 79.9. The molecule has 2 atom stereocenters. The van der Waals surface area contributed by atoms with Crippen molar-refractivity contribution in [3.05, 3.63) is 106 Å². The summed E-state index contributed by atoms with van der Waals surface area (Å²) in [7, 11) is 3.37. The number of esters is 1. The number of halogens is 1. The molecule has 0 radical (unpaired) electrons. The molecule has 0 bridgehead atoms. The molecule has 162 valence electrons. The molecule has 4 nitrogen and oxygen atoms in total. The van der Waals surface area contributed by atoms with E-state index >= 15 is 0 Å². The van der Waals surface area contributed by atoms with Crippen LogP contribution < -0.4 is 0 Å². The van der Waals surface area contributed by atoms with Gasteiger partial charge in [-0.3, -0.25) is 4.79 Å². The van der Waals surface area contributed by atoms with E-state index in [1.807, 2.05) is 96.7 Å². The van der Waals surface area contributed by atoms with Gasteiger partial charge in [0.05, 0.1) is 7.11 Å². The molecule has 0 aliphatic heterocycles. The number of aldehydes is 1. The Labute approximate surface area is 196 Å². The van der Waals surface area contributed by atoms with Crippen LogP contribution >= 0.6 is 15.9 Å². The maximum atomic E-state index is 13.9. The van der Waals surface area contributed by atoms with Crippen molar-refractivity contribution in [2.24, 2.45) is 7.05 Å². The fraction of sp³-hybridized carbons (Fsp3) is 0.185. The van der Waals surface area contributed by atoms with Gasteiger partial charge < -0.3 is 14.1 Å². The number of para-hydroxylation sites is 1. The standard InChI is InChI=1S/C27H24BrNO3/c1-29-18-24(22-10-6-7-11-25(22)29)27(26(31)32-2,20-8-4-3-5-9-20)23(16-17-30)19-12-14-21(28)15-13-19/h3-15,17-18,23H,16H2,1-2H3/t23-,27-/m0/s1. The first-order valence-corrected chi connectivity index (χ1v) is 11.2. The van der Waals surface area contributed by atoms with Gasteiger partial charge in [0.15, 0.2) is 0 Å². The van der Waals surface area contributed by atoms with Gasteiger partial charge in [-0.15, -0.1) is 0 Å². The number of nitrogens with zero attached hydrogens (tertiary/aromatic N) is 1. The van der Waals surface area contributed by atoms with Crippen LogP contribution in [0.3, 0.4) is 0 Å². The predicted molar refractivity (Wildman–Crippen MR) is 130 cm³/mol. The van der Waals surface area contributed by atoms with Crippen LogP contribution in [0.2, 0.25) is 0 Å². The van der Waals surface area contributed by atoms with Gasteiger partial charge in [-0.05, 0) is 34.9 Å². The van der Waals surface area contributed by atoms with Gasteiger partial charge in [0.25, 0.3) is 0 Å². The first-order chi connectivity index (χ1) is 15.5. The lowest BCUT2D eigenvalue weighted by atomic mass is 9.62. The Balaban J connectivity index is 2.15. The third-order valence-electron chi connectivity index (χ3n) is 6.19. The molecule has 3 aromatic carbocycles. The minimum Gasteiger partial charge on any atom is -0.468 e. The molecule has 4 rings (SSSR count). The summed E-state index contributed by atoms with van der Waals surface area (Å²) in [6, 6.07) is 25.4. The molecule has 4 aromatic rings. The van der Waals surface area contributed by atoms with Crippen molar-refractivity contribution in [1.82, 2.24) is 4.57 Å². The summed E-state index contributed by atoms with van der Waals surface area (Å²) >= 11 is 3.49. The van der Waals surface area contributed by atoms with Crippen molar-refractivity contribution in [3.8, 4) is 0 Å². The molecule has 0 saturated carbocycles. The molecular formula is C27H24BrNO3. The van der Waals surface area contributed by atoms with E-state index < -0.39 is 17.3 Å². The molecule has 0 amide bonds. The van der Waals surface area contributed by atoms with Crippen molar-refractivity contribution in [2.75, 3.05) is 7.11 Å². The summed E-state index contributed by atoms with van der Waals surface area (Å²) in [5.41, 5.74) is 2.29. The summed E-state index contributed by atoms with van der Waals surface area (Å²) in [5.74, 6) is -0.858. The molecule has 1 aromatic heterocycles. The number of ether oxygens (including phenoxy) is 1. The number of aromatic nitrogens is 1. The second-order valence-electron chi connectivity index (χ2n) is 7.84. The van der Waals surface area contributed by atoms with E-state index in [0.29, 0.717) is 0 Å². The van der Waals surface area contributed by atoms with Gasteiger partial charge in [0.1, 0.15) is 11.7 Å². The lowest BCUT2D eigenvalue weighted by molar-refractivity contribution is -0.146. The Morgan fingerprint density at radius 3 is 2.34 bits per heavy atom. The Bertz CT molecular complexity index is 1250. The van der Waals surface area contributed by atoms with Gasteiger partial charge in [0.2, 0.25) is 0 Å². The van der Waals surface area contributed by atoms with E-state index in [-0.39, 0.29) is 6.42 Å². The van der Waals surface area contributed by atoms with Crippen LogP contribution in [0.25, 0.3) is 10.9 Å². The number of hydrogen-bond acceptors (Lipinski definition) is 3. The zero-order valence-electron chi connectivity index (χ0n) is 18.0. The van der Waals surface area contributed by atoms with Gasteiger partial charge in [0, 0.05) is 41.0 Å². The van der Waals surface area contributed by atoms with Crippen molar-refractivity contribution in [1.29, 1.82) is 0 Å². The number of carbonyl (C=O) groups excluding carboxylic acids is 2. The average Bonchev–Trinajstić information content (AvgIpc) is 3.17. The zero-order chi connectivity index (χ0) is 22.7. The molecule has 0 fully saturated rings. The molecule has 0 aliphatic rings. The van der Waals surface area contributed by atoms with E-state index in [2.05, 4.69) is 15.9 Å². The van der Waals surface area contributed by atoms with Crippen LogP contribution in [-0.4, -0.2) is 23.9 Å². The van der Waals surface area contributed by atoms with Crippen molar-refractivity contribution >= 4 is 39.1 Å². The third-order valence-corrected chi connectivity index (χ3v) is 6.71. The van der Waals surface area contributed by atoms with Crippen LogP contribution in [0.15, 0.2) is 89.5 Å². The van der Waals surface area contributed by atoms with Crippen molar-refractivity contribution in [2.45, 2.75) is 17.8 Å². The van der Waals surface area contributed by atoms with Crippen LogP contribution in [0.4, 0.5) is 0 Å². The molecule has 32 heavy (non-hydrogen) atoms. The van der Waals surface area contributed by atoms with Crippen molar-refractivity contribution < 1.29 is 14.3 Å². The Morgan fingerprint density at radius 1 is 1.03 bits per heavy atom. The smallest absolute Gasteiger partial charge is 0.321 e. The van der Waals surface area contributed by atoms with Crippen LogP contribution in [0.5, 0.6) is 0 Å². The molecule has 0 unspecified atom stereocenters. The predicted octanol–water partition coefficient (Wildman–Crippen LogP) is 5.77. The number of fused-ring (bicyclic) bond motifs is 1. The topological polar surface area (TPSA) is 48.3 Å². The number of hydrogen-bond donors (Lipinski definition) is 0. The highest BCUT2D eigenvalue weighted by Gasteiger charge is 2.51. The normalized spacial score (nSPS) is 14.0. The Hall–Kier alpha value is -3.18. The van der Waals surface area contributed by atoms with Crippen LogP contribution in [0, 0.1) is 0 Å². The average molecular weight is 490 g/mol. The highest BCUT2D eigenvalue weighted by Crippen LogP contribution is 2.49. The largest absolute Gasteiger partial charge is 0.468 e. The number of methoxy groups -OCH3 is 1. The zero-order valence-corrected chi connectivity index (χ0v) is 19.6. The number of aryl methyl sites for hydroxylation is 1. The Morgan fingerprint density at radius 2 is 1.69 bits per heavy atom. The number of rotatable bonds is 7. The second kappa shape index (κ2) is 9.13. The van der Waals surface area contributed by atoms with Gasteiger partial charge in [-0.25, -0.2) is 0 Å². The van der Waals surface area contributed by atoms with Crippen LogP contribution in [-0.2, 0) is 26.8 Å². The summed E-state index contributed by atoms with van der Waals surface area (Å²) in [6.07, 6.45) is 3.04. The lowest BCUT2D eigenvalue weighted by Gasteiger charge is -2.38. The molecule has 0 saturated heterocycles. The second-order valence-corrected chi connectivity index (χ2v) is 8.76. The van der Waals surface area contributed by atoms with E-state index in [0.717, 1.165) is 38.4 Å². The maximum absolute atomic E-state index is 13.9. The van der Waals surface area contributed by atoms with Gasteiger partial charge in [-0.1, -0.05) is 76.6 Å². The molecule has 0 spiro atoms. The molecule has 5 heteroatoms. The number of carbonyl (C=O) groups is 2. The first-order valence-electron chi connectivity index (χ1n) is 10.4. The van der Waals surface area contributed by atoms with E-state index in [1.165, 1.54) is 7.11 Å². The van der Waals surface area contributed by atoms with Crippen molar-refractivity contribution in [3.63, 3.8) is 0 Å². The Kier molecular flexibility index (Phi) is 6.28. The molecule has 0 N–H and O–H groups in total. The van der Waals surface area contributed by atoms with Gasteiger partial charge >= 0.3 is 5.97 Å². The quantitative estimate of drug-likeness (QED) is 0.244. The molecular weight excluding hydrogens is 466 g/mol. The molecule has 0 aliphatic carbocycles. The minimum atomic E-state index is -1.22.